The highest BCUT2D eigenvalue weighted by molar-refractivity contribution is 5.82. The molecule has 0 fully saturated rings. The maximum absolute atomic E-state index is 13.2. The lowest BCUT2D eigenvalue weighted by atomic mass is 9.98. The van der Waals surface area contributed by atoms with Crippen LogP contribution in [-0.4, -0.2) is 35.9 Å². The van der Waals surface area contributed by atoms with E-state index in [1.165, 1.54) is 4.90 Å². The highest BCUT2D eigenvalue weighted by Gasteiger charge is 2.46. The number of nitrogens with zero attached hydrogens (tertiary/aromatic N) is 1. The number of carbonyl (C=O) groups excluding carboxylic acids is 2. The Morgan fingerprint density at radius 3 is 1.86 bits per heavy atom. The van der Waals surface area contributed by atoms with E-state index < -0.39 is 24.4 Å². The minimum atomic E-state index is -4.60. The van der Waals surface area contributed by atoms with E-state index in [9.17, 15) is 22.8 Å². The van der Waals surface area contributed by atoms with Crippen LogP contribution in [0.15, 0.2) is 0 Å². The van der Waals surface area contributed by atoms with Crippen LogP contribution in [-0.2, 0) is 9.59 Å². The number of unbranched alkanes of at least 4 members (excludes halogenated alkanes) is 2. The van der Waals surface area contributed by atoms with Crippen molar-refractivity contribution < 1.29 is 22.8 Å². The summed E-state index contributed by atoms with van der Waals surface area (Å²) >= 11 is 0. The van der Waals surface area contributed by atoms with E-state index >= 15 is 0 Å². The van der Waals surface area contributed by atoms with Gasteiger partial charge >= 0.3 is 6.18 Å². The smallest absolute Gasteiger partial charge is 0.342 e. The molecule has 0 rings (SSSR count). The van der Waals surface area contributed by atoms with Gasteiger partial charge in [-0.25, -0.2) is 0 Å². The lowest BCUT2D eigenvalue weighted by molar-refractivity contribution is -0.190. The number of Topliss-reactive ketones (excluding diaryl/α,β-unsaturated/α-hetero) is 1. The Bertz CT molecular complexity index is 335. The van der Waals surface area contributed by atoms with Gasteiger partial charge in [-0.3, -0.25) is 9.59 Å². The van der Waals surface area contributed by atoms with Gasteiger partial charge in [-0.15, -0.1) is 0 Å². The molecule has 0 radical (unpaired) electrons. The minimum absolute atomic E-state index is 0.193. The van der Waals surface area contributed by atoms with Crippen molar-refractivity contribution in [3.05, 3.63) is 0 Å². The summed E-state index contributed by atoms with van der Waals surface area (Å²) in [7, 11) is 0. The molecule has 0 aromatic rings. The van der Waals surface area contributed by atoms with Crippen molar-refractivity contribution in [2.24, 2.45) is 5.92 Å². The van der Waals surface area contributed by atoms with Gasteiger partial charge in [-0.1, -0.05) is 33.6 Å². The number of hydrogen-bond acceptors (Lipinski definition) is 2. The molecule has 0 saturated carbocycles. The standard InChI is InChI=1S/C16H28F3NO2/c1-4-7-11-20(12-8-5-2)15(22)14(16(17,18)19)10-9-13(21)6-3/h14H,4-12H2,1-3H3. The lowest BCUT2D eigenvalue weighted by Gasteiger charge is -2.28. The van der Waals surface area contributed by atoms with Crippen LogP contribution in [0, 0.1) is 5.92 Å². The summed E-state index contributed by atoms with van der Waals surface area (Å²) < 4.78 is 39.5. The summed E-state index contributed by atoms with van der Waals surface area (Å²) in [4.78, 5) is 24.9. The van der Waals surface area contributed by atoms with Crippen LogP contribution in [0.3, 0.4) is 0 Å². The van der Waals surface area contributed by atoms with Crippen molar-refractivity contribution in [3.63, 3.8) is 0 Å². The van der Waals surface area contributed by atoms with Crippen LogP contribution in [0.25, 0.3) is 0 Å². The first kappa shape index (κ1) is 20.9. The van der Waals surface area contributed by atoms with E-state index in [1.807, 2.05) is 13.8 Å². The third-order valence-electron chi connectivity index (χ3n) is 3.67. The SMILES string of the molecule is CCCCN(CCCC)C(=O)C(CCC(=O)CC)C(F)(F)F. The predicted molar refractivity (Wildman–Crippen MR) is 80.5 cm³/mol. The monoisotopic (exact) mass is 323 g/mol. The molecule has 1 amide bonds. The van der Waals surface area contributed by atoms with Crippen LogP contribution >= 0.6 is 0 Å². The van der Waals surface area contributed by atoms with E-state index in [2.05, 4.69) is 0 Å². The fourth-order valence-corrected chi connectivity index (χ4v) is 2.16. The van der Waals surface area contributed by atoms with Crippen molar-refractivity contribution in [2.45, 2.75) is 71.9 Å². The predicted octanol–water partition coefficient (Wildman–Crippen LogP) is 4.35. The number of alkyl halides is 3. The Kier molecular flexibility index (Phi) is 10.1. The van der Waals surface area contributed by atoms with Crippen LogP contribution in [0.4, 0.5) is 13.2 Å². The van der Waals surface area contributed by atoms with Gasteiger partial charge in [0, 0.05) is 25.9 Å². The largest absolute Gasteiger partial charge is 0.400 e. The molecule has 0 bridgehead atoms. The molecule has 130 valence electrons. The van der Waals surface area contributed by atoms with Crippen molar-refractivity contribution in [1.29, 1.82) is 0 Å². The number of carbonyl (C=O) groups is 2. The normalized spacial score (nSPS) is 13.0. The van der Waals surface area contributed by atoms with Crippen LogP contribution in [0.2, 0.25) is 0 Å². The number of halogens is 3. The van der Waals surface area contributed by atoms with Gasteiger partial charge in [0.1, 0.15) is 11.7 Å². The van der Waals surface area contributed by atoms with E-state index in [-0.39, 0.29) is 18.6 Å². The molecule has 0 aromatic carbocycles. The van der Waals surface area contributed by atoms with Crippen molar-refractivity contribution >= 4 is 11.7 Å². The summed E-state index contributed by atoms with van der Waals surface area (Å²) in [6, 6.07) is 0. The minimum Gasteiger partial charge on any atom is -0.342 e. The molecule has 0 saturated heterocycles. The first-order chi connectivity index (χ1) is 10.3. The first-order valence-electron chi connectivity index (χ1n) is 8.15. The second kappa shape index (κ2) is 10.6. The second-order valence-corrected chi connectivity index (χ2v) is 5.56. The topological polar surface area (TPSA) is 37.4 Å². The van der Waals surface area contributed by atoms with Gasteiger partial charge < -0.3 is 4.90 Å². The van der Waals surface area contributed by atoms with Gasteiger partial charge in [0.2, 0.25) is 5.91 Å². The summed E-state index contributed by atoms with van der Waals surface area (Å²) in [6.45, 7) is 6.18. The molecule has 22 heavy (non-hydrogen) atoms. The summed E-state index contributed by atoms with van der Waals surface area (Å²) in [5.74, 6) is -3.18. The highest BCUT2D eigenvalue weighted by atomic mass is 19.4. The Morgan fingerprint density at radius 2 is 1.50 bits per heavy atom. The Balaban J connectivity index is 4.96. The number of ketones is 1. The fourth-order valence-electron chi connectivity index (χ4n) is 2.16. The van der Waals surface area contributed by atoms with Gasteiger partial charge in [0.25, 0.3) is 0 Å². The molecule has 1 unspecified atom stereocenters. The maximum Gasteiger partial charge on any atom is 0.400 e. The number of hydrogen-bond donors (Lipinski definition) is 0. The van der Waals surface area contributed by atoms with E-state index in [0.717, 1.165) is 12.8 Å². The lowest BCUT2D eigenvalue weighted by Crippen LogP contribution is -2.43. The third kappa shape index (κ3) is 7.80. The van der Waals surface area contributed by atoms with E-state index in [0.29, 0.717) is 25.9 Å². The molecule has 0 spiro atoms. The van der Waals surface area contributed by atoms with E-state index in [1.54, 1.807) is 6.92 Å². The molecule has 0 aliphatic heterocycles. The quantitative estimate of drug-likeness (QED) is 0.567. The molecule has 3 nitrogen and oxygen atoms in total. The molecule has 0 heterocycles. The zero-order valence-corrected chi connectivity index (χ0v) is 13.8. The zero-order valence-electron chi connectivity index (χ0n) is 13.8. The summed E-state index contributed by atoms with van der Waals surface area (Å²) in [5.41, 5.74) is 0. The Labute approximate surface area is 131 Å². The second-order valence-electron chi connectivity index (χ2n) is 5.56. The molecule has 1 atom stereocenters. The van der Waals surface area contributed by atoms with Gasteiger partial charge in [-0.2, -0.15) is 13.2 Å². The molecule has 6 heteroatoms. The van der Waals surface area contributed by atoms with Crippen molar-refractivity contribution in [2.75, 3.05) is 13.1 Å². The van der Waals surface area contributed by atoms with Crippen LogP contribution in [0.5, 0.6) is 0 Å². The first-order valence-corrected chi connectivity index (χ1v) is 8.15. The zero-order chi connectivity index (χ0) is 17.2. The number of amides is 1. The summed E-state index contributed by atoms with van der Waals surface area (Å²) in [5, 5.41) is 0. The molecular weight excluding hydrogens is 295 g/mol. The van der Waals surface area contributed by atoms with Crippen molar-refractivity contribution in [1.82, 2.24) is 4.90 Å². The maximum atomic E-state index is 13.2. The molecule has 0 aromatic heterocycles. The average molecular weight is 323 g/mol. The third-order valence-corrected chi connectivity index (χ3v) is 3.67. The molecule has 0 aliphatic rings. The Morgan fingerprint density at radius 1 is 1.00 bits per heavy atom. The molecular formula is C16H28F3NO2. The molecule has 0 N–H and O–H groups in total. The van der Waals surface area contributed by atoms with Crippen LogP contribution in [0.1, 0.15) is 65.7 Å². The van der Waals surface area contributed by atoms with E-state index in [4.69, 9.17) is 0 Å². The number of rotatable bonds is 11. The Hall–Kier alpha value is -1.07. The average Bonchev–Trinajstić information content (AvgIpc) is 2.45. The highest BCUT2D eigenvalue weighted by Crippen LogP contribution is 2.32. The fraction of sp³-hybridized carbons (Fsp3) is 0.875. The van der Waals surface area contributed by atoms with Gasteiger partial charge in [0.15, 0.2) is 0 Å². The van der Waals surface area contributed by atoms with Crippen LogP contribution < -0.4 is 0 Å². The van der Waals surface area contributed by atoms with Crippen molar-refractivity contribution in [3.8, 4) is 0 Å². The van der Waals surface area contributed by atoms with Gasteiger partial charge in [-0.05, 0) is 19.3 Å². The van der Waals surface area contributed by atoms with Gasteiger partial charge in [0.05, 0.1) is 0 Å². The summed E-state index contributed by atoms with van der Waals surface area (Å²) in [6.07, 6.45) is -2.01. The molecule has 0 aliphatic carbocycles.